The predicted molar refractivity (Wildman–Crippen MR) is 32.9 cm³/mol. The van der Waals surface area contributed by atoms with Gasteiger partial charge in [-0.3, -0.25) is 4.39 Å². The lowest BCUT2D eigenvalue weighted by Crippen LogP contribution is -2.26. The van der Waals surface area contributed by atoms with E-state index in [9.17, 15) is 17.6 Å². The van der Waals surface area contributed by atoms with Crippen LogP contribution in [0.4, 0.5) is 17.6 Å². The second-order valence-electron chi connectivity index (χ2n) is 3.06. The van der Waals surface area contributed by atoms with E-state index in [1.54, 1.807) is 0 Å². The van der Waals surface area contributed by atoms with Crippen molar-refractivity contribution >= 4 is 0 Å². The molecule has 0 heterocycles. The van der Waals surface area contributed by atoms with Gasteiger partial charge in [-0.05, 0) is 12.8 Å². The van der Waals surface area contributed by atoms with Gasteiger partial charge in [-0.25, -0.2) is 0 Å². The Bertz CT molecular complexity index is 151. The van der Waals surface area contributed by atoms with Gasteiger partial charge in [-0.15, -0.1) is 0 Å². The van der Waals surface area contributed by atoms with E-state index in [-0.39, 0.29) is 12.8 Å². The second-order valence-corrected chi connectivity index (χ2v) is 3.06. The molecule has 0 saturated heterocycles. The van der Waals surface area contributed by atoms with Crippen LogP contribution >= 0.6 is 0 Å². The molecule has 1 aliphatic rings. The summed E-state index contributed by atoms with van der Waals surface area (Å²) in [5, 5.41) is 0. The Morgan fingerprint density at radius 2 is 2.00 bits per heavy atom. The first-order valence-corrected chi connectivity index (χ1v) is 3.60. The molecule has 0 amide bonds. The van der Waals surface area contributed by atoms with Gasteiger partial charge >= 0.3 is 6.18 Å². The third-order valence-corrected chi connectivity index (χ3v) is 2.61. The number of hydrogen-bond acceptors (Lipinski definition) is 0. The van der Waals surface area contributed by atoms with Crippen LogP contribution in [0.2, 0.25) is 0 Å². The van der Waals surface area contributed by atoms with E-state index in [2.05, 4.69) is 0 Å². The van der Waals surface area contributed by atoms with Crippen molar-refractivity contribution in [1.29, 1.82) is 0 Å². The van der Waals surface area contributed by atoms with Crippen LogP contribution in [0.25, 0.3) is 0 Å². The second kappa shape index (κ2) is 2.35. The lowest BCUT2D eigenvalue weighted by atomic mass is 10.0. The summed E-state index contributed by atoms with van der Waals surface area (Å²) in [5.41, 5.74) is -1.68. The summed E-state index contributed by atoms with van der Waals surface area (Å²) >= 11 is 0. The van der Waals surface area contributed by atoms with Gasteiger partial charge in [0, 0.05) is 5.92 Å². The summed E-state index contributed by atoms with van der Waals surface area (Å²) in [7, 11) is 0. The Labute approximate surface area is 62.6 Å². The largest absolute Gasteiger partial charge is 0.394 e. The van der Waals surface area contributed by atoms with E-state index >= 15 is 0 Å². The summed E-state index contributed by atoms with van der Waals surface area (Å²) in [5.74, 6) is -0.771. The van der Waals surface area contributed by atoms with Crippen LogP contribution in [0.5, 0.6) is 0 Å². The molecule has 0 aromatic rings. The zero-order chi connectivity index (χ0) is 8.70. The third kappa shape index (κ3) is 1.12. The van der Waals surface area contributed by atoms with Crippen molar-refractivity contribution in [2.24, 2.45) is 11.3 Å². The molecule has 1 rings (SSSR count). The molecule has 2 atom stereocenters. The predicted octanol–water partition coefficient (Wildman–Crippen LogP) is 2.93. The topological polar surface area (TPSA) is 0 Å². The highest BCUT2D eigenvalue weighted by molar-refractivity contribution is 5.05. The molecule has 4 heteroatoms. The first-order valence-electron chi connectivity index (χ1n) is 3.60. The highest BCUT2D eigenvalue weighted by Crippen LogP contribution is 2.64. The van der Waals surface area contributed by atoms with Crippen molar-refractivity contribution in [2.75, 3.05) is 6.67 Å². The molecule has 0 aromatic carbocycles. The maximum atomic E-state index is 12.2. The number of rotatable bonds is 2. The SMILES string of the molecule is CCC1(C(F)(F)F)CC1CF. The normalized spacial score (nSPS) is 37.4. The molecule has 2 unspecified atom stereocenters. The number of halogens is 4. The highest BCUT2D eigenvalue weighted by atomic mass is 19.4. The molecule has 66 valence electrons. The lowest BCUT2D eigenvalue weighted by Gasteiger charge is -2.18. The Hall–Kier alpha value is -0.280. The zero-order valence-electron chi connectivity index (χ0n) is 6.21. The summed E-state index contributed by atoms with van der Waals surface area (Å²) in [6.45, 7) is 0.622. The van der Waals surface area contributed by atoms with Crippen molar-refractivity contribution in [1.82, 2.24) is 0 Å². The van der Waals surface area contributed by atoms with Crippen molar-refractivity contribution in [3.05, 3.63) is 0 Å². The molecule has 1 aliphatic carbocycles. The van der Waals surface area contributed by atoms with Crippen LogP contribution in [0.15, 0.2) is 0 Å². The van der Waals surface area contributed by atoms with E-state index in [0.29, 0.717) is 0 Å². The van der Waals surface area contributed by atoms with Crippen LogP contribution in [0.1, 0.15) is 19.8 Å². The van der Waals surface area contributed by atoms with Gasteiger partial charge in [0.05, 0.1) is 12.1 Å². The summed E-state index contributed by atoms with van der Waals surface area (Å²) in [6, 6.07) is 0. The molecule has 1 fully saturated rings. The summed E-state index contributed by atoms with van der Waals surface area (Å²) in [6.07, 6.45) is -4.23. The molecule has 0 nitrogen and oxygen atoms in total. The molecule has 0 radical (unpaired) electrons. The Kier molecular flexibility index (Phi) is 1.89. The molecule has 0 N–H and O–H groups in total. The quantitative estimate of drug-likeness (QED) is 0.559. The Morgan fingerprint density at radius 3 is 2.09 bits per heavy atom. The van der Waals surface area contributed by atoms with E-state index in [4.69, 9.17) is 0 Å². The van der Waals surface area contributed by atoms with Gasteiger partial charge in [0.15, 0.2) is 0 Å². The Balaban J connectivity index is 2.67. The number of hydrogen-bond donors (Lipinski definition) is 0. The maximum Gasteiger partial charge on any atom is 0.394 e. The average Bonchev–Trinajstić information content (AvgIpc) is 2.60. The van der Waals surface area contributed by atoms with Crippen molar-refractivity contribution in [3.8, 4) is 0 Å². The van der Waals surface area contributed by atoms with E-state index < -0.39 is 24.2 Å². The monoisotopic (exact) mass is 170 g/mol. The van der Waals surface area contributed by atoms with Crippen molar-refractivity contribution in [2.45, 2.75) is 25.9 Å². The maximum absolute atomic E-state index is 12.2. The van der Waals surface area contributed by atoms with E-state index in [0.717, 1.165) is 0 Å². The van der Waals surface area contributed by atoms with Gasteiger partial charge in [0.25, 0.3) is 0 Å². The fourth-order valence-corrected chi connectivity index (χ4v) is 1.56. The van der Waals surface area contributed by atoms with Crippen LogP contribution in [-0.2, 0) is 0 Å². The van der Waals surface area contributed by atoms with E-state index in [1.807, 2.05) is 0 Å². The summed E-state index contributed by atoms with van der Waals surface area (Å²) in [4.78, 5) is 0. The minimum Gasteiger partial charge on any atom is -0.251 e. The number of alkyl halides is 4. The summed E-state index contributed by atoms with van der Waals surface area (Å²) < 4.78 is 48.4. The lowest BCUT2D eigenvalue weighted by molar-refractivity contribution is -0.193. The molecule has 0 aromatic heterocycles. The fourth-order valence-electron chi connectivity index (χ4n) is 1.56. The third-order valence-electron chi connectivity index (χ3n) is 2.61. The van der Waals surface area contributed by atoms with Gasteiger partial charge in [-0.2, -0.15) is 13.2 Å². The fraction of sp³-hybridized carbons (Fsp3) is 1.00. The first kappa shape index (κ1) is 8.81. The first-order chi connectivity index (χ1) is 4.98. The molecule has 1 saturated carbocycles. The highest BCUT2D eigenvalue weighted by Gasteiger charge is 2.68. The molecule has 0 bridgehead atoms. The molecular weight excluding hydrogens is 160 g/mol. The van der Waals surface area contributed by atoms with Gasteiger partial charge in [0.2, 0.25) is 0 Å². The van der Waals surface area contributed by atoms with Crippen LogP contribution in [0.3, 0.4) is 0 Å². The standard InChI is InChI=1S/C7H10F4/c1-2-6(7(9,10)11)3-5(6)4-8/h5H,2-4H2,1H3. The van der Waals surface area contributed by atoms with Crippen molar-refractivity contribution in [3.63, 3.8) is 0 Å². The minimum absolute atomic E-state index is 0.00505. The average molecular weight is 170 g/mol. The molecule has 0 spiro atoms. The molecule has 0 aliphatic heterocycles. The minimum atomic E-state index is -4.21. The van der Waals surface area contributed by atoms with Crippen LogP contribution in [-0.4, -0.2) is 12.9 Å². The Morgan fingerprint density at radius 1 is 1.45 bits per heavy atom. The van der Waals surface area contributed by atoms with Gasteiger partial charge in [0.1, 0.15) is 0 Å². The van der Waals surface area contributed by atoms with Gasteiger partial charge < -0.3 is 0 Å². The van der Waals surface area contributed by atoms with Crippen LogP contribution in [0, 0.1) is 11.3 Å². The van der Waals surface area contributed by atoms with Crippen LogP contribution < -0.4 is 0 Å². The van der Waals surface area contributed by atoms with Crippen molar-refractivity contribution < 1.29 is 17.6 Å². The molecule has 11 heavy (non-hydrogen) atoms. The smallest absolute Gasteiger partial charge is 0.251 e. The zero-order valence-corrected chi connectivity index (χ0v) is 6.21. The van der Waals surface area contributed by atoms with E-state index in [1.165, 1.54) is 6.92 Å². The van der Waals surface area contributed by atoms with Gasteiger partial charge in [-0.1, -0.05) is 6.92 Å². The molecular formula is C7H10F4.